The molecule has 18 heavy (non-hydrogen) atoms. The van der Waals surface area contributed by atoms with Gasteiger partial charge in [0.05, 0.1) is 6.26 Å². The first-order chi connectivity index (χ1) is 8.68. The number of likely N-dealkylation sites (tertiary alicyclic amines) is 1. The van der Waals surface area contributed by atoms with Crippen LogP contribution in [0.15, 0.2) is 22.8 Å². The van der Waals surface area contributed by atoms with Crippen molar-refractivity contribution >= 4 is 11.9 Å². The Balaban J connectivity index is 2.03. The number of carbonyl (C=O) groups is 2. The third-order valence-corrected chi connectivity index (χ3v) is 3.31. The molecule has 1 saturated heterocycles. The predicted octanol–water partition coefficient (Wildman–Crippen LogP) is 2.14. The van der Waals surface area contributed by atoms with E-state index in [1.807, 2.05) is 0 Å². The Kier molecular flexibility index (Phi) is 4.02. The van der Waals surface area contributed by atoms with E-state index in [2.05, 4.69) is 0 Å². The molecule has 1 aliphatic rings. The van der Waals surface area contributed by atoms with Crippen molar-refractivity contribution in [3.63, 3.8) is 0 Å². The van der Waals surface area contributed by atoms with Crippen LogP contribution in [0.1, 0.15) is 42.7 Å². The van der Waals surface area contributed by atoms with Crippen LogP contribution in [-0.4, -0.2) is 34.5 Å². The largest absolute Gasteiger partial charge is 0.481 e. The maximum atomic E-state index is 12.2. The van der Waals surface area contributed by atoms with Crippen molar-refractivity contribution in [3.8, 4) is 0 Å². The van der Waals surface area contributed by atoms with Crippen LogP contribution in [0.2, 0.25) is 0 Å². The van der Waals surface area contributed by atoms with Gasteiger partial charge in [-0.15, -0.1) is 0 Å². The smallest absolute Gasteiger partial charge is 0.303 e. The number of carbonyl (C=O) groups excluding carboxylic acids is 1. The van der Waals surface area contributed by atoms with E-state index in [-0.39, 0.29) is 18.4 Å². The first kappa shape index (κ1) is 12.7. The van der Waals surface area contributed by atoms with Gasteiger partial charge in [-0.1, -0.05) is 0 Å². The highest BCUT2D eigenvalue weighted by molar-refractivity contribution is 5.91. The van der Waals surface area contributed by atoms with E-state index in [0.29, 0.717) is 18.7 Å². The van der Waals surface area contributed by atoms with Crippen molar-refractivity contribution in [1.82, 2.24) is 4.90 Å². The maximum absolute atomic E-state index is 12.2. The molecule has 0 aromatic carbocycles. The van der Waals surface area contributed by atoms with Crippen LogP contribution in [0.4, 0.5) is 0 Å². The van der Waals surface area contributed by atoms with Gasteiger partial charge in [0, 0.05) is 19.0 Å². The normalized spacial score (nSPS) is 19.8. The van der Waals surface area contributed by atoms with Crippen molar-refractivity contribution in [2.45, 2.75) is 38.1 Å². The molecule has 1 fully saturated rings. The second-order valence-corrected chi connectivity index (χ2v) is 4.56. The van der Waals surface area contributed by atoms with E-state index >= 15 is 0 Å². The first-order valence-electron chi connectivity index (χ1n) is 6.25. The Morgan fingerprint density at radius 3 is 2.94 bits per heavy atom. The number of hydrogen-bond donors (Lipinski definition) is 1. The summed E-state index contributed by atoms with van der Waals surface area (Å²) in [5, 5.41) is 8.73. The monoisotopic (exact) mass is 251 g/mol. The van der Waals surface area contributed by atoms with Gasteiger partial charge in [0.1, 0.15) is 0 Å². The number of piperidine rings is 1. The van der Waals surface area contributed by atoms with Gasteiger partial charge in [0.15, 0.2) is 5.76 Å². The van der Waals surface area contributed by atoms with Crippen molar-refractivity contribution in [2.24, 2.45) is 0 Å². The average molecular weight is 251 g/mol. The van der Waals surface area contributed by atoms with Crippen molar-refractivity contribution in [3.05, 3.63) is 24.2 Å². The van der Waals surface area contributed by atoms with Gasteiger partial charge in [0.25, 0.3) is 5.91 Å². The molecule has 1 aliphatic heterocycles. The zero-order chi connectivity index (χ0) is 13.0. The van der Waals surface area contributed by atoms with Crippen molar-refractivity contribution in [2.75, 3.05) is 6.54 Å². The highest BCUT2D eigenvalue weighted by Crippen LogP contribution is 2.23. The van der Waals surface area contributed by atoms with Crippen LogP contribution in [0.5, 0.6) is 0 Å². The van der Waals surface area contributed by atoms with Crippen LogP contribution in [0.25, 0.3) is 0 Å². The fraction of sp³-hybridized carbons (Fsp3) is 0.538. The SMILES string of the molecule is O=C(O)CCC1CCCCN1C(=O)c1ccco1. The van der Waals surface area contributed by atoms with Crippen molar-refractivity contribution < 1.29 is 19.1 Å². The van der Waals surface area contributed by atoms with Gasteiger partial charge in [-0.05, 0) is 37.8 Å². The molecular weight excluding hydrogens is 234 g/mol. The fourth-order valence-electron chi connectivity index (χ4n) is 2.40. The van der Waals surface area contributed by atoms with E-state index in [1.165, 1.54) is 6.26 Å². The Morgan fingerprint density at radius 2 is 2.28 bits per heavy atom. The molecule has 1 unspecified atom stereocenters. The molecule has 0 saturated carbocycles. The fourth-order valence-corrected chi connectivity index (χ4v) is 2.40. The second-order valence-electron chi connectivity index (χ2n) is 4.56. The quantitative estimate of drug-likeness (QED) is 0.890. The van der Waals surface area contributed by atoms with Crippen LogP contribution < -0.4 is 0 Å². The van der Waals surface area contributed by atoms with Crippen LogP contribution in [-0.2, 0) is 4.79 Å². The molecule has 1 aromatic heterocycles. The molecule has 1 aromatic rings. The number of hydrogen-bond acceptors (Lipinski definition) is 3. The molecule has 2 rings (SSSR count). The predicted molar refractivity (Wildman–Crippen MR) is 64.3 cm³/mol. The summed E-state index contributed by atoms with van der Waals surface area (Å²) in [4.78, 5) is 24.6. The molecule has 1 atom stereocenters. The van der Waals surface area contributed by atoms with Crippen LogP contribution in [0.3, 0.4) is 0 Å². The molecule has 2 heterocycles. The Morgan fingerprint density at radius 1 is 1.44 bits per heavy atom. The average Bonchev–Trinajstić information content (AvgIpc) is 2.89. The number of furan rings is 1. The molecule has 0 spiro atoms. The van der Waals surface area contributed by atoms with E-state index in [1.54, 1.807) is 17.0 Å². The van der Waals surface area contributed by atoms with Gasteiger partial charge in [0.2, 0.25) is 0 Å². The summed E-state index contributed by atoms with van der Waals surface area (Å²) in [6, 6.07) is 3.35. The van der Waals surface area contributed by atoms with Crippen LogP contribution in [0, 0.1) is 0 Å². The molecule has 0 radical (unpaired) electrons. The standard InChI is InChI=1S/C13H17NO4/c15-12(16)7-6-10-4-1-2-8-14(10)13(17)11-5-3-9-18-11/h3,5,9-10H,1-2,4,6-8H2,(H,15,16). The third kappa shape index (κ3) is 2.91. The summed E-state index contributed by atoms with van der Waals surface area (Å²) >= 11 is 0. The lowest BCUT2D eigenvalue weighted by Crippen LogP contribution is -2.43. The number of carboxylic acids is 1. The summed E-state index contributed by atoms with van der Waals surface area (Å²) in [5.74, 6) is -0.613. The summed E-state index contributed by atoms with van der Waals surface area (Å²) in [7, 11) is 0. The van der Waals surface area contributed by atoms with Crippen molar-refractivity contribution in [1.29, 1.82) is 0 Å². The third-order valence-electron chi connectivity index (χ3n) is 3.31. The minimum Gasteiger partial charge on any atom is -0.481 e. The zero-order valence-electron chi connectivity index (χ0n) is 10.2. The lowest BCUT2D eigenvalue weighted by molar-refractivity contribution is -0.137. The molecule has 98 valence electrons. The molecule has 1 amide bonds. The number of nitrogens with zero attached hydrogens (tertiary/aromatic N) is 1. The lowest BCUT2D eigenvalue weighted by Gasteiger charge is -2.35. The molecule has 0 aliphatic carbocycles. The van der Waals surface area contributed by atoms with E-state index < -0.39 is 5.97 Å². The number of aliphatic carboxylic acids is 1. The van der Waals surface area contributed by atoms with E-state index in [9.17, 15) is 9.59 Å². The second kappa shape index (κ2) is 5.71. The van der Waals surface area contributed by atoms with Crippen LogP contribution >= 0.6 is 0 Å². The Hall–Kier alpha value is -1.78. The maximum Gasteiger partial charge on any atom is 0.303 e. The van der Waals surface area contributed by atoms with Gasteiger partial charge < -0.3 is 14.4 Å². The van der Waals surface area contributed by atoms with Gasteiger partial charge >= 0.3 is 5.97 Å². The zero-order valence-corrected chi connectivity index (χ0v) is 10.2. The van der Waals surface area contributed by atoms with Gasteiger partial charge in [-0.3, -0.25) is 9.59 Å². The summed E-state index contributed by atoms with van der Waals surface area (Å²) < 4.78 is 5.11. The molecule has 5 heteroatoms. The topological polar surface area (TPSA) is 70.8 Å². The minimum atomic E-state index is -0.814. The molecule has 1 N–H and O–H groups in total. The summed E-state index contributed by atoms with van der Waals surface area (Å²) in [5.41, 5.74) is 0. The van der Waals surface area contributed by atoms with Gasteiger partial charge in [-0.25, -0.2) is 0 Å². The highest BCUT2D eigenvalue weighted by atomic mass is 16.4. The van der Waals surface area contributed by atoms with E-state index in [4.69, 9.17) is 9.52 Å². The number of rotatable bonds is 4. The minimum absolute atomic E-state index is 0.0208. The molecule has 5 nitrogen and oxygen atoms in total. The number of carboxylic acid groups (broad SMARTS) is 1. The first-order valence-corrected chi connectivity index (χ1v) is 6.25. The number of amides is 1. The molecular formula is C13H17NO4. The molecule has 0 bridgehead atoms. The summed E-state index contributed by atoms with van der Waals surface area (Å²) in [6.07, 6.45) is 4.99. The highest BCUT2D eigenvalue weighted by Gasteiger charge is 2.28. The Labute approximate surface area is 105 Å². The Bertz CT molecular complexity index is 413. The van der Waals surface area contributed by atoms with Gasteiger partial charge in [-0.2, -0.15) is 0 Å². The lowest BCUT2D eigenvalue weighted by atomic mass is 9.97. The summed E-state index contributed by atoms with van der Waals surface area (Å²) in [6.45, 7) is 0.684. The van der Waals surface area contributed by atoms with E-state index in [0.717, 1.165) is 19.3 Å².